The molecule has 0 aliphatic rings. The summed E-state index contributed by atoms with van der Waals surface area (Å²) in [6.07, 6.45) is -0.750. The highest BCUT2D eigenvalue weighted by molar-refractivity contribution is 5.94. The summed E-state index contributed by atoms with van der Waals surface area (Å²) >= 11 is 0. The third kappa shape index (κ3) is 10.1. The number of aliphatic hydroxyl groups excluding tert-OH is 2. The molecule has 0 heterocycles. The van der Waals surface area contributed by atoms with Crippen LogP contribution in [-0.4, -0.2) is 87.5 Å². The summed E-state index contributed by atoms with van der Waals surface area (Å²) in [6.45, 7) is 2.03. The maximum atomic E-state index is 12.5. The van der Waals surface area contributed by atoms with Crippen molar-refractivity contribution in [1.82, 2.24) is 16.0 Å². The highest BCUT2D eigenvalue weighted by Gasteiger charge is 2.30. The number of carbonyl (C=O) groups excluding carboxylic acids is 3. The lowest BCUT2D eigenvalue weighted by Gasteiger charge is -2.25. The molecule has 30 heavy (non-hydrogen) atoms. The molecule has 0 fully saturated rings. The molecule has 4 atom stereocenters. The Bertz CT molecular complexity index is 626. The van der Waals surface area contributed by atoms with Crippen molar-refractivity contribution >= 4 is 29.7 Å². The van der Waals surface area contributed by atoms with Gasteiger partial charge in [0.2, 0.25) is 17.7 Å². The topological polar surface area (TPSA) is 228 Å². The van der Waals surface area contributed by atoms with Crippen LogP contribution in [0.5, 0.6) is 0 Å². The van der Waals surface area contributed by atoms with Gasteiger partial charge in [-0.25, -0.2) is 4.79 Å². The molecule has 0 aliphatic heterocycles. The predicted octanol–water partition coefficient (Wildman–Crippen LogP) is -3.25. The van der Waals surface area contributed by atoms with Crippen LogP contribution in [0.2, 0.25) is 0 Å². The summed E-state index contributed by atoms with van der Waals surface area (Å²) in [5.41, 5.74) is 5.41. The van der Waals surface area contributed by atoms with Crippen molar-refractivity contribution in [3.63, 3.8) is 0 Å². The van der Waals surface area contributed by atoms with E-state index in [1.165, 1.54) is 0 Å². The molecule has 0 aromatic rings. The van der Waals surface area contributed by atoms with E-state index in [1.807, 2.05) is 0 Å². The second-order valence-electron chi connectivity index (χ2n) is 7.06. The van der Waals surface area contributed by atoms with Gasteiger partial charge in [0.05, 0.1) is 13.2 Å². The molecule has 0 rings (SSSR count). The summed E-state index contributed by atoms with van der Waals surface area (Å²) in [5.74, 6) is -5.44. The van der Waals surface area contributed by atoms with Crippen LogP contribution in [0.25, 0.3) is 0 Å². The Balaban J connectivity index is 5.18. The van der Waals surface area contributed by atoms with Crippen LogP contribution in [-0.2, 0) is 24.0 Å². The summed E-state index contributed by atoms with van der Waals surface area (Å²) in [7, 11) is 0. The van der Waals surface area contributed by atoms with Crippen LogP contribution in [0.1, 0.15) is 33.1 Å². The zero-order valence-electron chi connectivity index (χ0n) is 16.8. The van der Waals surface area contributed by atoms with Crippen molar-refractivity contribution in [3.05, 3.63) is 0 Å². The number of nitrogens with two attached hydrogens (primary N) is 1. The first-order valence-corrected chi connectivity index (χ1v) is 9.25. The minimum Gasteiger partial charge on any atom is -0.481 e. The lowest BCUT2D eigenvalue weighted by molar-refractivity contribution is -0.143. The molecule has 0 saturated heterocycles. The molecule has 0 saturated carbocycles. The van der Waals surface area contributed by atoms with Gasteiger partial charge in [0.1, 0.15) is 24.2 Å². The molecule has 0 aromatic heterocycles. The Morgan fingerprint density at radius 1 is 0.800 bits per heavy atom. The summed E-state index contributed by atoms with van der Waals surface area (Å²) in [4.78, 5) is 58.5. The number of amides is 3. The number of carboxylic acids is 2. The van der Waals surface area contributed by atoms with E-state index >= 15 is 0 Å². The van der Waals surface area contributed by atoms with E-state index in [1.54, 1.807) is 13.8 Å². The van der Waals surface area contributed by atoms with E-state index in [9.17, 15) is 29.1 Å². The lowest BCUT2D eigenvalue weighted by Crippen LogP contribution is -2.58. The monoisotopic (exact) mass is 434 g/mol. The van der Waals surface area contributed by atoms with Crippen molar-refractivity contribution in [2.45, 2.75) is 57.3 Å². The number of hydrogen-bond donors (Lipinski definition) is 8. The molecule has 13 heteroatoms. The van der Waals surface area contributed by atoms with E-state index in [0.717, 1.165) is 0 Å². The maximum Gasteiger partial charge on any atom is 0.326 e. The van der Waals surface area contributed by atoms with Crippen molar-refractivity contribution < 1.29 is 44.4 Å². The zero-order chi connectivity index (χ0) is 23.4. The standard InChI is InChI=1S/C17H30N4O9/c1-8(2)5-11(20-14(26)9(18)6-22)15(27)21-12(7-23)16(28)19-10(17(29)30)3-4-13(24)25/h8-12,22-23H,3-7,18H2,1-2H3,(H,19,28)(H,20,26)(H,21,27)(H,24,25)(H,29,30). The smallest absolute Gasteiger partial charge is 0.326 e. The van der Waals surface area contributed by atoms with Crippen molar-refractivity contribution in [1.29, 1.82) is 0 Å². The molecule has 13 nitrogen and oxygen atoms in total. The number of carboxylic acid groups (broad SMARTS) is 2. The highest BCUT2D eigenvalue weighted by Crippen LogP contribution is 2.06. The number of aliphatic carboxylic acids is 2. The molecule has 3 amide bonds. The molecule has 0 aliphatic carbocycles. The Kier molecular flexibility index (Phi) is 12.2. The van der Waals surface area contributed by atoms with E-state index in [2.05, 4.69) is 16.0 Å². The molecule has 0 aromatic carbocycles. The van der Waals surface area contributed by atoms with Crippen LogP contribution < -0.4 is 21.7 Å². The summed E-state index contributed by atoms with van der Waals surface area (Å²) < 4.78 is 0. The van der Waals surface area contributed by atoms with Crippen LogP contribution in [0.3, 0.4) is 0 Å². The number of rotatable bonds is 14. The Morgan fingerprint density at radius 3 is 1.73 bits per heavy atom. The molecular formula is C17H30N4O9. The van der Waals surface area contributed by atoms with Gasteiger partial charge in [0, 0.05) is 6.42 Å². The van der Waals surface area contributed by atoms with Gasteiger partial charge in [0.25, 0.3) is 0 Å². The molecule has 0 radical (unpaired) electrons. The van der Waals surface area contributed by atoms with Crippen LogP contribution in [0.4, 0.5) is 0 Å². The number of carbonyl (C=O) groups is 5. The summed E-state index contributed by atoms with van der Waals surface area (Å²) in [5, 5.41) is 42.7. The fourth-order valence-electron chi connectivity index (χ4n) is 2.33. The fourth-order valence-corrected chi connectivity index (χ4v) is 2.33. The van der Waals surface area contributed by atoms with Gasteiger partial charge in [-0.2, -0.15) is 0 Å². The second-order valence-corrected chi connectivity index (χ2v) is 7.06. The number of hydrogen-bond acceptors (Lipinski definition) is 8. The van der Waals surface area contributed by atoms with E-state index in [-0.39, 0.29) is 12.3 Å². The fraction of sp³-hybridized carbons (Fsp3) is 0.706. The second kappa shape index (κ2) is 13.5. The minimum absolute atomic E-state index is 0.0554. The maximum absolute atomic E-state index is 12.5. The van der Waals surface area contributed by atoms with Crippen molar-refractivity contribution in [3.8, 4) is 0 Å². The molecule has 4 unspecified atom stereocenters. The molecule has 0 spiro atoms. The third-order valence-electron chi connectivity index (χ3n) is 3.95. The zero-order valence-corrected chi connectivity index (χ0v) is 16.8. The van der Waals surface area contributed by atoms with Gasteiger partial charge in [-0.05, 0) is 18.8 Å². The first-order chi connectivity index (χ1) is 13.9. The predicted molar refractivity (Wildman–Crippen MR) is 102 cm³/mol. The van der Waals surface area contributed by atoms with Crippen LogP contribution >= 0.6 is 0 Å². The lowest BCUT2D eigenvalue weighted by atomic mass is 10.0. The molecule has 0 bridgehead atoms. The molecule has 9 N–H and O–H groups in total. The van der Waals surface area contributed by atoms with Gasteiger partial charge in [0.15, 0.2) is 0 Å². The molecular weight excluding hydrogens is 404 g/mol. The van der Waals surface area contributed by atoms with Gasteiger partial charge in [-0.3, -0.25) is 19.2 Å². The Labute approximate surface area is 173 Å². The van der Waals surface area contributed by atoms with E-state index in [4.69, 9.17) is 21.1 Å². The average Bonchev–Trinajstić information content (AvgIpc) is 2.66. The Hall–Kier alpha value is -2.77. The van der Waals surface area contributed by atoms with Crippen LogP contribution in [0, 0.1) is 5.92 Å². The summed E-state index contributed by atoms with van der Waals surface area (Å²) in [6, 6.07) is -5.45. The normalized spacial score (nSPS) is 14.9. The van der Waals surface area contributed by atoms with Gasteiger partial charge < -0.3 is 42.1 Å². The first kappa shape index (κ1) is 27.2. The van der Waals surface area contributed by atoms with Crippen molar-refractivity contribution in [2.75, 3.05) is 13.2 Å². The van der Waals surface area contributed by atoms with E-state index in [0.29, 0.717) is 0 Å². The highest BCUT2D eigenvalue weighted by atomic mass is 16.4. The Morgan fingerprint density at radius 2 is 1.30 bits per heavy atom. The van der Waals surface area contributed by atoms with E-state index < -0.39 is 79.9 Å². The third-order valence-corrected chi connectivity index (χ3v) is 3.95. The number of nitrogens with one attached hydrogen (secondary N) is 3. The molecule has 172 valence electrons. The number of aliphatic hydroxyl groups is 2. The largest absolute Gasteiger partial charge is 0.481 e. The SMILES string of the molecule is CC(C)CC(NC(=O)C(N)CO)C(=O)NC(CO)C(=O)NC(CCC(=O)O)C(=O)O. The first-order valence-electron chi connectivity index (χ1n) is 9.25. The van der Waals surface area contributed by atoms with Crippen molar-refractivity contribution in [2.24, 2.45) is 11.7 Å². The van der Waals surface area contributed by atoms with Gasteiger partial charge in [-0.15, -0.1) is 0 Å². The van der Waals surface area contributed by atoms with Crippen LogP contribution in [0.15, 0.2) is 0 Å². The minimum atomic E-state index is -1.54. The quantitative estimate of drug-likeness (QED) is 0.136. The van der Waals surface area contributed by atoms with Gasteiger partial charge >= 0.3 is 11.9 Å². The average molecular weight is 434 g/mol. The van der Waals surface area contributed by atoms with Gasteiger partial charge in [-0.1, -0.05) is 13.8 Å².